The van der Waals surface area contributed by atoms with Gasteiger partial charge < -0.3 is 9.92 Å². The normalized spacial score (nSPS) is 11.1. The molecule has 82 valence electrons. The number of aromatic nitrogens is 1. The Bertz CT molecular complexity index is 476. The molecule has 0 fully saturated rings. The maximum absolute atomic E-state index is 11.1. The van der Waals surface area contributed by atoms with E-state index in [4.69, 9.17) is 10.3 Å². The number of hydrogen-bond acceptors (Lipinski definition) is 6. The van der Waals surface area contributed by atoms with E-state index < -0.39 is 16.4 Å². The van der Waals surface area contributed by atoms with E-state index >= 15 is 0 Å². The van der Waals surface area contributed by atoms with Crippen LogP contribution in [0.3, 0.4) is 0 Å². The molecular formula is C7H8N2O5S. The Morgan fingerprint density at radius 2 is 2.13 bits per heavy atom. The Morgan fingerprint density at radius 3 is 2.60 bits per heavy atom. The molecule has 0 radical (unpaired) electrons. The molecule has 0 aliphatic carbocycles. The van der Waals surface area contributed by atoms with Crippen LogP contribution in [0.5, 0.6) is 0 Å². The van der Waals surface area contributed by atoms with Gasteiger partial charge in [0.1, 0.15) is 5.82 Å². The van der Waals surface area contributed by atoms with Gasteiger partial charge in [-0.25, -0.2) is 9.78 Å². The summed E-state index contributed by atoms with van der Waals surface area (Å²) in [6, 6.07) is 2.42. The van der Waals surface area contributed by atoms with E-state index in [1.165, 1.54) is 6.07 Å². The minimum absolute atomic E-state index is 0.0530. The molecule has 0 saturated heterocycles. The van der Waals surface area contributed by atoms with Crippen LogP contribution in [0.4, 0.5) is 5.82 Å². The zero-order valence-electron chi connectivity index (χ0n) is 7.67. The Balaban J connectivity index is 3.02. The molecule has 0 atom stereocenters. The van der Waals surface area contributed by atoms with Crippen molar-refractivity contribution >= 4 is 22.2 Å². The number of aryl methyl sites for hydroxylation is 1. The summed E-state index contributed by atoms with van der Waals surface area (Å²) >= 11 is 0. The van der Waals surface area contributed by atoms with Crippen LogP contribution in [0, 0.1) is 6.92 Å². The van der Waals surface area contributed by atoms with Crippen LogP contribution in [-0.2, 0) is 14.6 Å². The Kier molecular flexibility index (Phi) is 2.91. The summed E-state index contributed by atoms with van der Waals surface area (Å²) in [7, 11) is -4.81. The van der Waals surface area contributed by atoms with Crippen LogP contribution in [-0.4, -0.2) is 23.9 Å². The van der Waals surface area contributed by atoms with E-state index in [2.05, 4.69) is 9.17 Å². The molecule has 8 heteroatoms. The second-order valence-corrected chi connectivity index (χ2v) is 3.74. The molecule has 1 aromatic heterocycles. The number of rotatable bonds is 2. The van der Waals surface area contributed by atoms with Gasteiger partial charge in [0.05, 0.1) is 5.56 Å². The molecular weight excluding hydrogens is 224 g/mol. The molecule has 0 saturated carbocycles. The first-order chi connectivity index (χ1) is 6.78. The highest BCUT2D eigenvalue weighted by Gasteiger charge is 2.16. The minimum atomic E-state index is -4.81. The maximum Gasteiger partial charge on any atom is 0.449 e. The minimum Gasteiger partial charge on any atom is -0.384 e. The number of carbonyl (C=O) groups is 1. The number of carbonyl (C=O) groups excluding carboxylic acids is 1. The fraction of sp³-hybridized carbons (Fsp3) is 0.143. The van der Waals surface area contributed by atoms with Gasteiger partial charge in [0.25, 0.3) is 0 Å². The smallest absolute Gasteiger partial charge is 0.384 e. The number of anilines is 1. The standard InChI is InChI=1S/C7H8N2O5S/c1-4-2-5(3-6(8)9-4)7(10)14-15(11,12)13/h2-3H,1H3,(H2,8,9)(H,11,12,13). The summed E-state index contributed by atoms with van der Waals surface area (Å²) in [6.07, 6.45) is 0. The molecule has 0 aliphatic rings. The third-order valence-electron chi connectivity index (χ3n) is 1.39. The average molecular weight is 232 g/mol. The van der Waals surface area contributed by atoms with Gasteiger partial charge in [-0.2, -0.15) is 8.42 Å². The third-order valence-corrected chi connectivity index (χ3v) is 1.75. The number of nitrogen functional groups attached to an aromatic ring is 1. The summed E-state index contributed by atoms with van der Waals surface area (Å²) in [5.41, 5.74) is 5.66. The third kappa shape index (κ3) is 3.52. The van der Waals surface area contributed by atoms with E-state index in [-0.39, 0.29) is 11.4 Å². The second kappa shape index (κ2) is 3.83. The molecule has 0 aliphatic heterocycles. The number of hydrogen-bond donors (Lipinski definition) is 2. The van der Waals surface area contributed by atoms with Crippen LogP contribution in [0.25, 0.3) is 0 Å². The van der Waals surface area contributed by atoms with Crippen molar-refractivity contribution in [2.24, 2.45) is 0 Å². The van der Waals surface area contributed by atoms with Gasteiger partial charge in [0, 0.05) is 5.69 Å². The summed E-state index contributed by atoms with van der Waals surface area (Å²) in [6.45, 7) is 1.57. The summed E-state index contributed by atoms with van der Waals surface area (Å²) < 4.78 is 32.5. The van der Waals surface area contributed by atoms with Gasteiger partial charge in [-0.1, -0.05) is 0 Å². The number of pyridine rings is 1. The Morgan fingerprint density at radius 1 is 1.53 bits per heavy atom. The molecule has 1 heterocycles. The Hall–Kier alpha value is -1.67. The first kappa shape index (κ1) is 11.4. The van der Waals surface area contributed by atoms with Gasteiger partial charge in [0.2, 0.25) is 0 Å². The van der Waals surface area contributed by atoms with E-state index in [0.717, 1.165) is 6.07 Å². The first-order valence-electron chi connectivity index (χ1n) is 3.73. The van der Waals surface area contributed by atoms with Crippen molar-refractivity contribution in [1.29, 1.82) is 0 Å². The molecule has 1 rings (SSSR count). The lowest BCUT2D eigenvalue weighted by molar-refractivity contribution is 0.0727. The van der Waals surface area contributed by atoms with Crippen LogP contribution in [0.2, 0.25) is 0 Å². The highest BCUT2D eigenvalue weighted by molar-refractivity contribution is 7.81. The van der Waals surface area contributed by atoms with Crippen LogP contribution >= 0.6 is 0 Å². The molecule has 15 heavy (non-hydrogen) atoms. The highest BCUT2D eigenvalue weighted by Crippen LogP contribution is 2.09. The van der Waals surface area contributed by atoms with Crippen molar-refractivity contribution in [3.63, 3.8) is 0 Å². The van der Waals surface area contributed by atoms with Crippen LogP contribution in [0.1, 0.15) is 16.1 Å². The monoisotopic (exact) mass is 232 g/mol. The number of nitrogens with two attached hydrogens (primary N) is 1. The number of nitrogens with zero attached hydrogens (tertiary/aromatic N) is 1. The van der Waals surface area contributed by atoms with Gasteiger partial charge >= 0.3 is 16.4 Å². The topological polar surface area (TPSA) is 120 Å². The molecule has 3 N–H and O–H groups in total. The predicted molar refractivity (Wildman–Crippen MR) is 50.4 cm³/mol. The molecule has 0 aromatic carbocycles. The van der Waals surface area contributed by atoms with Crippen molar-refractivity contribution < 1.29 is 21.9 Å². The van der Waals surface area contributed by atoms with Gasteiger partial charge in [-0.3, -0.25) is 4.55 Å². The van der Waals surface area contributed by atoms with E-state index in [1.54, 1.807) is 6.92 Å². The van der Waals surface area contributed by atoms with Gasteiger partial charge in [-0.15, -0.1) is 0 Å². The molecule has 0 bridgehead atoms. The lowest BCUT2D eigenvalue weighted by Crippen LogP contribution is -2.12. The van der Waals surface area contributed by atoms with E-state index in [1.807, 2.05) is 0 Å². The SMILES string of the molecule is Cc1cc(C(=O)OS(=O)(=O)O)cc(N)n1. The van der Waals surface area contributed by atoms with E-state index in [0.29, 0.717) is 5.69 Å². The average Bonchev–Trinajstić information content (AvgIpc) is 1.98. The summed E-state index contributed by atoms with van der Waals surface area (Å²) in [4.78, 5) is 14.9. The molecule has 7 nitrogen and oxygen atoms in total. The zero-order valence-corrected chi connectivity index (χ0v) is 8.48. The van der Waals surface area contributed by atoms with Crippen LogP contribution in [0.15, 0.2) is 12.1 Å². The Labute approximate surface area is 85.8 Å². The predicted octanol–water partition coefficient (Wildman–Crippen LogP) is -0.0682. The van der Waals surface area contributed by atoms with Gasteiger partial charge in [-0.05, 0) is 19.1 Å². The quantitative estimate of drug-likeness (QED) is 0.685. The van der Waals surface area contributed by atoms with E-state index in [9.17, 15) is 13.2 Å². The van der Waals surface area contributed by atoms with Crippen molar-refractivity contribution in [2.45, 2.75) is 6.92 Å². The second-order valence-electron chi connectivity index (χ2n) is 2.72. The van der Waals surface area contributed by atoms with Gasteiger partial charge in [0.15, 0.2) is 0 Å². The fourth-order valence-electron chi connectivity index (χ4n) is 0.956. The lowest BCUT2D eigenvalue weighted by Gasteiger charge is -2.02. The lowest BCUT2D eigenvalue weighted by atomic mass is 10.2. The summed E-state index contributed by atoms with van der Waals surface area (Å²) in [5.74, 6) is -1.16. The van der Waals surface area contributed by atoms with Crippen LogP contribution < -0.4 is 5.73 Å². The van der Waals surface area contributed by atoms with Crippen molar-refractivity contribution in [3.8, 4) is 0 Å². The first-order valence-corrected chi connectivity index (χ1v) is 5.10. The summed E-state index contributed by atoms with van der Waals surface area (Å²) in [5, 5.41) is 0. The molecule has 0 amide bonds. The van der Waals surface area contributed by atoms with Crippen molar-refractivity contribution in [3.05, 3.63) is 23.4 Å². The highest BCUT2D eigenvalue weighted by atomic mass is 32.3. The fourth-order valence-corrected chi connectivity index (χ4v) is 1.24. The van der Waals surface area contributed by atoms with Crippen molar-refractivity contribution in [1.82, 2.24) is 4.98 Å². The zero-order chi connectivity index (χ0) is 11.6. The largest absolute Gasteiger partial charge is 0.449 e. The molecule has 0 spiro atoms. The maximum atomic E-state index is 11.1. The molecule has 0 unspecified atom stereocenters. The van der Waals surface area contributed by atoms with Crippen molar-refractivity contribution in [2.75, 3.05) is 5.73 Å². The molecule has 1 aromatic rings.